The van der Waals surface area contributed by atoms with Crippen LogP contribution in [0.15, 0.2) is 36.4 Å². The highest BCUT2D eigenvalue weighted by atomic mass is 35.5. The van der Waals surface area contributed by atoms with Crippen molar-refractivity contribution >= 4 is 62.8 Å². The normalized spacial score (nSPS) is 11.1. The number of methoxy groups -OCH3 is 1. The Labute approximate surface area is 208 Å². The molecule has 0 saturated heterocycles. The molecule has 0 spiro atoms. The van der Waals surface area contributed by atoms with Gasteiger partial charge < -0.3 is 21.1 Å². The Hall–Kier alpha value is -3.04. The van der Waals surface area contributed by atoms with E-state index in [1.807, 2.05) is 36.4 Å². The zero-order chi connectivity index (χ0) is 23.9. The second-order valence-electron chi connectivity index (χ2n) is 7.77. The number of unbranched alkanes of at least 4 members (excludes halogenated alkanes) is 1. The summed E-state index contributed by atoms with van der Waals surface area (Å²) < 4.78 is 5.44. The Morgan fingerprint density at radius 1 is 0.941 bits per heavy atom. The average Bonchev–Trinajstić information content (AvgIpc) is 2.83. The van der Waals surface area contributed by atoms with Crippen LogP contribution in [0.25, 0.3) is 21.8 Å². The molecule has 0 radical (unpaired) electrons. The van der Waals surface area contributed by atoms with E-state index in [-0.39, 0.29) is 5.95 Å². The SMILES string of the molecule is COc1ccc2nc3cc(Cl)ccc3c(NCCCCNc3nc(N)nc(CCSC)n3)c2c1. The van der Waals surface area contributed by atoms with Crippen molar-refractivity contribution in [2.75, 3.05) is 48.6 Å². The Morgan fingerprint density at radius 2 is 1.76 bits per heavy atom. The highest BCUT2D eigenvalue weighted by Crippen LogP contribution is 2.34. The van der Waals surface area contributed by atoms with Crippen LogP contribution in [-0.4, -0.2) is 52.1 Å². The molecule has 2 aromatic carbocycles. The predicted octanol–water partition coefficient (Wildman–Crippen LogP) is 5.03. The number of fused-ring (bicyclic) bond motifs is 2. The van der Waals surface area contributed by atoms with Crippen LogP contribution in [0, 0.1) is 0 Å². The topological polar surface area (TPSA) is 111 Å². The Bertz CT molecular complexity index is 1290. The number of aryl methyl sites for hydroxylation is 1. The number of nitrogens with one attached hydrogen (secondary N) is 2. The summed E-state index contributed by atoms with van der Waals surface area (Å²) in [5.74, 6) is 3.25. The molecule has 0 bridgehead atoms. The zero-order valence-electron chi connectivity index (χ0n) is 19.3. The fraction of sp³-hybridized carbons (Fsp3) is 0.333. The summed E-state index contributed by atoms with van der Waals surface area (Å²) in [5.41, 5.74) is 8.61. The van der Waals surface area contributed by atoms with Gasteiger partial charge in [-0.25, -0.2) is 4.98 Å². The average molecular weight is 498 g/mol. The van der Waals surface area contributed by atoms with Gasteiger partial charge in [-0.15, -0.1) is 0 Å². The fourth-order valence-electron chi connectivity index (χ4n) is 3.70. The standard InChI is InChI=1S/C24H28ClN7OS/c1-33-16-6-8-19-18(14-16)22(17-7-5-15(25)13-20(17)29-19)27-10-3-4-11-28-24-31-21(9-12-34-2)30-23(26)32-24/h5-8,13-14H,3-4,9-12H2,1-2H3,(H,27,29)(H3,26,28,30,31,32). The number of thioether (sulfide) groups is 1. The molecule has 2 heterocycles. The first-order chi connectivity index (χ1) is 16.6. The minimum atomic E-state index is 0.252. The minimum absolute atomic E-state index is 0.252. The van der Waals surface area contributed by atoms with Gasteiger partial charge in [-0.2, -0.15) is 26.7 Å². The number of rotatable bonds is 11. The van der Waals surface area contributed by atoms with E-state index in [0.29, 0.717) is 11.0 Å². The maximum Gasteiger partial charge on any atom is 0.227 e. The number of pyridine rings is 1. The van der Waals surface area contributed by atoms with Gasteiger partial charge in [0.1, 0.15) is 11.6 Å². The first-order valence-electron chi connectivity index (χ1n) is 11.1. The third kappa shape index (κ3) is 5.90. The van der Waals surface area contributed by atoms with Gasteiger partial charge in [0.2, 0.25) is 11.9 Å². The maximum absolute atomic E-state index is 6.22. The van der Waals surface area contributed by atoms with Crippen LogP contribution >= 0.6 is 23.4 Å². The molecule has 0 aliphatic heterocycles. The van der Waals surface area contributed by atoms with E-state index >= 15 is 0 Å². The quantitative estimate of drug-likeness (QED) is 0.194. The van der Waals surface area contributed by atoms with Crippen molar-refractivity contribution in [1.82, 2.24) is 19.9 Å². The Kier molecular flexibility index (Phi) is 8.08. The second-order valence-corrected chi connectivity index (χ2v) is 9.19. The molecule has 2 aromatic heterocycles. The van der Waals surface area contributed by atoms with E-state index in [0.717, 1.165) is 77.2 Å². The number of ether oxygens (including phenoxy) is 1. The van der Waals surface area contributed by atoms with E-state index < -0.39 is 0 Å². The monoisotopic (exact) mass is 497 g/mol. The molecule has 4 aromatic rings. The fourth-order valence-corrected chi connectivity index (χ4v) is 4.25. The number of anilines is 3. The van der Waals surface area contributed by atoms with Crippen LogP contribution in [0.2, 0.25) is 5.02 Å². The number of benzene rings is 2. The molecule has 0 amide bonds. The molecular weight excluding hydrogens is 470 g/mol. The van der Waals surface area contributed by atoms with Gasteiger partial charge in [0, 0.05) is 41.1 Å². The van der Waals surface area contributed by atoms with Crippen molar-refractivity contribution in [2.45, 2.75) is 19.3 Å². The third-order valence-electron chi connectivity index (χ3n) is 5.36. The third-order valence-corrected chi connectivity index (χ3v) is 6.21. The lowest BCUT2D eigenvalue weighted by Crippen LogP contribution is -2.12. The van der Waals surface area contributed by atoms with E-state index in [1.54, 1.807) is 18.9 Å². The molecule has 0 unspecified atom stereocenters. The summed E-state index contributed by atoms with van der Waals surface area (Å²) in [7, 11) is 1.67. The number of hydrogen-bond acceptors (Lipinski definition) is 9. The predicted molar refractivity (Wildman–Crippen MR) is 143 cm³/mol. The maximum atomic E-state index is 6.22. The van der Waals surface area contributed by atoms with Gasteiger partial charge in [0.05, 0.1) is 23.8 Å². The van der Waals surface area contributed by atoms with Gasteiger partial charge in [-0.1, -0.05) is 11.6 Å². The lowest BCUT2D eigenvalue weighted by molar-refractivity contribution is 0.415. The molecule has 34 heavy (non-hydrogen) atoms. The molecule has 0 saturated carbocycles. The largest absolute Gasteiger partial charge is 0.497 e. The van der Waals surface area contributed by atoms with Crippen molar-refractivity contribution in [2.24, 2.45) is 0 Å². The van der Waals surface area contributed by atoms with Crippen LogP contribution in [0.1, 0.15) is 18.7 Å². The summed E-state index contributed by atoms with van der Waals surface area (Å²) in [6.07, 6.45) is 4.72. The molecule has 0 aliphatic carbocycles. The van der Waals surface area contributed by atoms with Crippen LogP contribution in [0.5, 0.6) is 5.75 Å². The highest BCUT2D eigenvalue weighted by molar-refractivity contribution is 7.98. The van der Waals surface area contributed by atoms with Gasteiger partial charge in [-0.3, -0.25) is 0 Å². The first-order valence-corrected chi connectivity index (χ1v) is 12.9. The van der Waals surface area contributed by atoms with Crippen molar-refractivity contribution in [3.05, 3.63) is 47.2 Å². The van der Waals surface area contributed by atoms with E-state index in [4.69, 9.17) is 27.1 Å². The van der Waals surface area contributed by atoms with E-state index in [9.17, 15) is 0 Å². The lowest BCUT2D eigenvalue weighted by Gasteiger charge is -2.14. The van der Waals surface area contributed by atoms with E-state index in [1.165, 1.54) is 0 Å². The molecule has 0 aliphatic rings. The van der Waals surface area contributed by atoms with E-state index in [2.05, 4.69) is 31.8 Å². The Morgan fingerprint density at radius 3 is 2.56 bits per heavy atom. The van der Waals surface area contributed by atoms with Crippen molar-refractivity contribution < 1.29 is 4.74 Å². The van der Waals surface area contributed by atoms with Crippen LogP contribution in [0.4, 0.5) is 17.6 Å². The van der Waals surface area contributed by atoms with Crippen LogP contribution < -0.4 is 21.1 Å². The Balaban J connectivity index is 1.40. The van der Waals surface area contributed by atoms with Crippen LogP contribution in [-0.2, 0) is 6.42 Å². The van der Waals surface area contributed by atoms with Crippen molar-refractivity contribution in [3.63, 3.8) is 0 Å². The molecular formula is C24H28ClN7OS. The summed E-state index contributed by atoms with van der Waals surface area (Å²) in [4.78, 5) is 17.6. The summed E-state index contributed by atoms with van der Waals surface area (Å²) in [6.45, 7) is 1.54. The number of nitrogens with zero attached hydrogens (tertiary/aromatic N) is 4. The molecule has 8 nitrogen and oxygen atoms in total. The number of hydrogen-bond donors (Lipinski definition) is 3. The smallest absolute Gasteiger partial charge is 0.227 e. The highest BCUT2D eigenvalue weighted by Gasteiger charge is 2.11. The second kappa shape index (κ2) is 11.4. The number of nitrogens with two attached hydrogens (primary N) is 1. The summed E-state index contributed by atoms with van der Waals surface area (Å²) in [6, 6.07) is 11.7. The molecule has 0 fully saturated rings. The molecule has 10 heteroatoms. The van der Waals surface area contributed by atoms with Gasteiger partial charge in [-0.05, 0) is 55.5 Å². The number of halogens is 1. The van der Waals surface area contributed by atoms with Crippen molar-refractivity contribution in [1.29, 1.82) is 0 Å². The van der Waals surface area contributed by atoms with Gasteiger partial charge >= 0.3 is 0 Å². The minimum Gasteiger partial charge on any atom is -0.497 e. The zero-order valence-corrected chi connectivity index (χ0v) is 20.8. The summed E-state index contributed by atoms with van der Waals surface area (Å²) in [5, 5.41) is 9.59. The molecule has 178 valence electrons. The number of nitrogen functional groups attached to an aromatic ring is 1. The summed E-state index contributed by atoms with van der Waals surface area (Å²) >= 11 is 7.97. The molecule has 4 N–H and O–H groups in total. The molecule has 0 atom stereocenters. The molecule has 4 rings (SSSR count). The van der Waals surface area contributed by atoms with Gasteiger partial charge in [0.15, 0.2) is 0 Å². The first kappa shape index (κ1) is 24.1. The lowest BCUT2D eigenvalue weighted by atomic mass is 10.1. The van der Waals surface area contributed by atoms with Gasteiger partial charge in [0.25, 0.3) is 0 Å². The van der Waals surface area contributed by atoms with Crippen LogP contribution in [0.3, 0.4) is 0 Å². The number of aromatic nitrogens is 4. The van der Waals surface area contributed by atoms with Crippen molar-refractivity contribution in [3.8, 4) is 5.75 Å².